The molecule has 0 saturated heterocycles. The van der Waals surface area contributed by atoms with Gasteiger partial charge in [0, 0.05) is 18.7 Å². The summed E-state index contributed by atoms with van der Waals surface area (Å²) in [4.78, 5) is 46.5. The number of anilines is 1. The van der Waals surface area contributed by atoms with Gasteiger partial charge >= 0.3 is 12.0 Å². The van der Waals surface area contributed by atoms with Crippen LogP contribution in [0.15, 0.2) is 24.3 Å². The van der Waals surface area contributed by atoms with E-state index in [1.54, 1.807) is 24.3 Å². The van der Waals surface area contributed by atoms with Gasteiger partial charge in [-0.25, -0.2) is 4.79 Å². The zero-order chi connectivity index (χ0) is 22.7. The van der Waals surface area contributed by atoms with E-state index in [4.69, 9.17) is 16.6 Å². The first-order valence-corrected chi connectivity index (χ1v) is 9.81. The predicted molar refractivity (Wildman–Crippen MR) is 113 cm³/mol. The minimum Gasteiger partial charge on any atom is -0.481 e. The van der Waals surface area contributed by atoms with Gasteiger partial charge in [-0.15, -0.1) is 0 Å². The average molecular weight is 421 g/mol. The zero-order valence-electron chi connectivity index (χ0n) is 17.3. The second-order valence-electron chi connectivity index (χ2n) is 7.34. The highest BCUT2D eigenvalue weighted by Crippen LogP contribution is 2.13. The van der Waals surface area contributed by atoms with Crippen LogP contribution in [-0.2, 0) is 20.8 Å². The fourth-order valence-corrected chi connectivity index (χ4v) is 2.59. The molecule has 1 rings (SSSR count). The Labute approximate surface area is 175 Å². The number of benzene rings is 1. The number of hydrogen-bond acceptors (Lipinski definition) is 5. The molecule has 0 saturated carbocycles. The molecule has 4 amide bonds. The molecule has 1 aromatic rings. The molecule has 0 heterocycles. The van der Waals surface area contributed by atoms with Crippen molar-refractivity contribution in [3.05, 3.63) is 29.8 Å². The first kappa shape index (κ1) is 24.9. The Hall–Kier alpha value is -3.14. The second kappa shape index (κ2) is 12.4. The van der Waals surface area contributed by atoms with Crippen LogP contribution >= 0.6 is 0 Å². The van der Waals surface area contributed by atoms with E-state index in [0.717, 1.165) is 5.56 Å². The number of carbonyl (C=O) groups is 4. The van der Waals surface area contributed by atoms with Gasteiger partial charge in [-0.3, -0.25) is 14.4 Å². The van der Waals surface area contributed by atoms with E-state index in [1.807, 2.05) is 13.8 Å². The number of aryl methyl sites for hydroxylation is 1. The summed E-state index contributed by atoms with van der Waals surface area (Å²) in [5.41, 5.74) is 12.2. The number of carboxylic acid groups (broad SMARTS) is 1. The molecule has 166 valence electrons. The average Bonchev–Trinajstić information content (AvgIpc) is 2.68. The van der Waals surface area contributed by atoms with Crippen LogP contribution in [0.25, 0.3) is 0 Å². The molecule has 0 bridgehead atoms. The van der Waals surface area contributed by atoms with E-state index in [9.17, 15) is 19.2 Å². The molecule has 0 fully saturated rings. The van der Waals surface area contributed by atoms with Crippen LogP contribution in [0.5, 0.6) is 0 Å². The fraction of sp³-hybridized carbons (Fsp3) is 0.500. The second-order valence-corrected chi connectivity index (χ2v) is 7.34. The largest absolute Gasteiger partial charge is 0.481 e. The van der Waals surface area contributed by atoms with E-state index >= 15 is 0 Å². The molecule has 10 nitrogen and oxygen atoms in total. The third kappa shape index (κ3) is 9.37. The SMILES string of the molecule is CC(C)C(N)C(=O)N[C@@H](CCCNC(N)=O)C(=O)Nc1ccc(CCC(=O)O)cc1. The number of carbonyl (C=O) groups excluding carboxylic acids is 3. The normalized spacial score (nSPS) is 12.7. The van der Waals surface area contributed by atoms with Crippen LogP contribution in [-0.4, -0.2) is 47.5 Å². The number of rotatable bonds is 12. The van der Waals surface area contributed by atoms with Gasteiger partial charge in [0.25, 0.3) is 0 Å². The standard InChI is InChI=1S/C20H31N5O5/c1-12(2)17(21)19(29)25-15(4-3-11-23-20(22)30)18(28)24-14-8-5-13(6-9-14)7-10-16(26)27/h5-6,8-9,12,15,17H,3-4,7,10-11,21H2,1-2H3,(H,24,28)(H,25,29)(H,26,27)(H3,22,23,30)/t15-,17?/m0/s1. The molecule has 0 aromatic heterocycles. The molecule has 8 N–H and O–H groups in total. The number of primary amides is 1. The zero-order valence-corrected chi connectivity index (χ0v) is 17.3. The first-order valence-electron chi connectivity index (χ1n) is 9.81. The van der Waals surface area contributed by atoms with Crippen molar-refractivity contribution in [2.45, 2.75) is 51.6 Å². The Balaban J connectivity index is 2.75. The van der Waals surface area contributed by atoms with Gasteiger partial charge in [0.15, 0.2) is 0 Å². The van der Waals surface area contributed by atoms with Crippen LogP contribution < -0.4 is 27.4 Å². The summed E-state index contributed by atoms with van der Waals surface area (Å²) >= 11 is 0. The minimum absolute atomic E-state index is 0.0231. The van der Waals surface area contributed by atoms with Crippen LogP contribution in [0.4, 0.5) is 10.5 Å². The van der Waals surface area contributed by atoms with Gasteiger partial charge in [-0.05, 0) is 42.9 Å². The third-order valence-electron chi connectivity index (χ3n) is 4.47. The lowest BCUT2D eigenvalue weighted by atomic mass is 10.0. The van der Waals surface area contributed by atoms with E-state index < -0.39 is 35.9 Å². The van der Waals surface area contributed by atoms with E-state index in [2.05, 4.69) is 16.0 Å². The van der Waals surface area contributed by atoms with Crippen molar-refractivity contribution in [1.29, 1.82) is 0 Å². The molecular weight excluding hydrogens is 390 g/mol. The molecule has 1 unspecified atom stereocenters. The van der Waals surface area contributed by atoms with Crippen molar-refractivity contribution in [2.24, 2.45) is 17.4 Å². The lowest BCUT2D eigenvalue weighted by Crippen LogP contribution is -2.51. The monoisotopic (exact) mass is 421 g/mol. The highest BCUT2D eigenvalue weighted by molar-refractivity contribution is 5.97. The Bertz CT molecular complexity index is 736. The van der Waals surface area contributed by atoms with Crippen molar-refractivity contribution < 1.29 is 24.3 Å². The number of aliphatic carboxylic acids is 1. The maximum Gasteiger partial charge on any atom is 0.312 e. The Kier molecular flexibility index (Phi) is 10.3. The van der Waals surface area contributed by atoms with Crippen molar-refractivity contribution in [3.63, 3.8) is 0 Å². The Morgan fingerprint density at radius 3 is 2.23 bits per heavy atom. The highest BCUT2D eigenvalue weighted by Gasteiger charge is 2.25. The summed E-state index contributed by atoms with van der Waals surface area (Å²) in [6, 6.07) is 4.55. The molecule has 2 atom stereocenters. The summed E-state index contributed by atoms with van der Waals surface area (Å²) in [5, 5.41) is 16.6. The van der Waals surface area contributed by atoms with Gasteiger partial charge in [0.05, 0.1) is 6.04 Å². The van der Waals surface area contributed by atoms with Gasteiger partial charge in [0.1, 0.15) is 6.04 Å². The molecule has 1 aromatic carbocycles. The quantitative estimate of drug-likeness (QED) is 0.269. The fourth-order valence-electron chi connectivity index (χ4n) is 2.59. The number of nitrogens with two attached hydrogens (primary N) is 2. The molecule has 0 radical (unpaired) electrons. The maximum absolute atomic E-state index is 12.7. The van der Waals surface area contributed by atoms with Crippen LogP contribution in [0.3, 0.4) is 0 Å². The maximum atomic E-state index is 12.7. The molecular formula is C20H31N5O5. The lowest BCUT2D eigenvalue weighted by molar-refractivity contribution is -0.137. The molecule has 0 aliphatic rings. The summed E-state index contributed by atoms with van der Waals surface area (Å²) in [7, 11) is 0. The van der Waals surface area contributed by atoms with Crippen LogP contribution in [0, 0.1) is 5.92 Å². The van der Waals surface area contributed by atoms with E-state index in [1.165, 1.54) is 0 Å². The summed E-state index contributed by atoms with van der Waals surface area (Å²) in [6.07, 6.45) is 1.11. The smallest absolute Gasteiger partial charge is 0.312 e. The number of nitrogens with one attached hydrogen (secondary N) is 3. The van der Waals surface area contributed by atoms with Crippen LogP contribution in [0.2, 0.25) is 0 Å². The molecule has 30 heavy (non-hydrogen) atoms. The van der Waals surface area contributed by atoms with Crippen molar-refractivity contribution in [3.8, 4) is 0 Å². The van der Waals surface area contributed by atoms with Crippen molar-refractivity contribution >= 4 is 29.5 Å². The molecule has 0 spiro atoms. The van der Waals surface area contributed by atoms with E-state index in [-0.39, 0.29) is 25.3 Å². The lowest BCUT2D eigenvalue weighted by Gasteiger charge is -2.22. The number of urea groups is 1. The minimum atomic E-state index is -0.878. The van der Waals surface area contributed by atoms with Crippen LogP contribution in [0.1, 0.15) is 38.7 Å². The first-order chi connectivity index (χ1) is 14.1. The Morgan fingerprint density at radius 1 is 1.07 bits per heavy atom. The van der Waals surface area contributed by atoms with Crippen molar-refractivity contribution in [2.75, 3.05) is 11.9 Å². The Morgan fingerprint density at radius 2 is 1.70 bits per heavy atom. The molecule has 10 heteroatoms. The molecule has 0 aliphatic heterocycles. The van der Waals surface area contributed by atoms with Gasteiger partial charge in [0.2, 0.25) is 11.8 Å². The topological polar surface area (TPSA) is 177 Å². The summed E-state index contributed by atoms with van der Waals surface area (Å²) in [6.45, 7) is 3.88. The highest BCUT2D eigenvalue weighted by atomic mass is 16.4. The molecule has 0 aliphatic carbocycles. The van der Waals surface area contributed by atoms with Gasteiger partial charge in [-0.2, -0.15) is 0 Å². The summed E-state index contributed by atoms with van der Waals surface area (Å²) in [5.74, 6) is -1.83. The van der Waals surface area contributed by atoms with E-state index in [0.29, 0.717) is 18.5 Å². The van der Waals surface area contributed by atoms with Crippen molar-refractivity contribution in [1.82, 2.24) is 10.6 Å². The predicted octanol–water partition coefficient (Wildman–Crippen LogP) is 0.559. The third-order valence-corrected chi connectivity index (χ3v) is 4.47. The van der Waals surface area contributed by atoms with Gasteiger partial charge < -0.3 is 32.5 Å². The summed E-state index contributed by atoms with van der Waals surface area (Å²) < 4.78 is 0. The number of hydrogen-bond donors (Lipinski definition) is 6. The van der Waals surface area contributed by atoms with Gasteiger partial charge in [-0.1, -0.05) is 26.0 Å². The number of carboxylic acids is 1. The number of amides is 4.